The summed E-state index contributed by atoms with van der Waals surface area (Å²) < 4.78 is 1.88. The molecule has 3 rings (SSSR count). The molecule has 0 saturated carbocycles. The van der Waals surface area contributed by atoms with Crippen LogP contribution in [0, 0.1) is 0 Å². The van der Waals surface area contributed by atoms with Crippen molar-refractivity contribution in [3.05, 3.63) is 71.6 Å². The Morgan fingerprint density at radius 1 is 1.08 bits per heavy atom. The zero-order chi connectivity index (χ0) is 17.1. The molecule has 0 spiro atoms. The van der Waals surface area contributed by atoms with Gasteiger partial charge < -0.3 is 5.11 Å². The number of carboxylic acids is 1. The third-order valence-corrected chi connectivity index (χ3v) is 4.23. The Labute approximate surface area is 141 Å². The highest BCUT2D eigenvalue weighted by Gasteiger charge is 2.18. The van der Waals surface area contributed by atoms with Gasteiger partial charge in [0, 0.05) is 0 Å². The predicted octanol–water partition coefficient (Wildman–Crippen LogP) is 4.35. The number of para-hydroxylation sites is 2. The summed E-state index contributed by atoms with van der Waals surface area (Å²) in [5, 5.41) is 9.69. The van der Waals surface area contributed by atoms with E-state index in [1.54, 1.807) is 6.33 Å². The molecule has 1 heterocycles. The maximum Gasteiger partial charge on any atom is 0.333 e. The molecule has 0 saturated heterocycles. The van der Waals surface area contributed by atoms with Crippen molar-refractivity contribution in [3.8, 4) is 0 Å². The number of aliphatic carboxylic acids is 1. The molecule has 4 heteroatoms. The summed E-state index contributed by atoms with van der Waals surface area (Å²) in [6.07, 6.45) is 3.09. The Hall–Kier alpha value is -2.88. The Morgan fingerprint density at radius 2 is 1.79 bits per heavy atom. The fourth-order valence-electron chi connectivity index (χ4n) is 2.91. The van der Waals surface area contributed by atoms with Crippen molar-refractivity contribution < 1.29 is 9.90 Å². The van der Waals surface area contributed by atoms with Crippen molar-refractivity contribution in [2.75, 3.05) is 0 Å². The number of fused-ring (bicyclic) bond motifs is 1. The molecule has 2 aromatic carbocycles. The van der Waals surface area contributed by atoms with Crippen LogP contribution in [0.2, 0.25) is 0 Å². The van der Waals surface area contributed by atoms with Gasteiger partial charge in [0.05, 0.1) is 22.3 Å². The molecule has 122 valence electrons. The first kappa shape index (κ1) is 16.0. The number of carboxylic acid groups (broad SMARTS) is 1. The zero-order valence-corrected chi connectivity index (χ0v) is 13.9. The van der Waals surface area contributed by atoms with Crippen LogP contribution in [0.1, 0.15) is 31.4 Å². The molecule has 0 atom stereocenters. The number of nitrogens with zero attached hydrogens (tertiary/aromatic N) is 2. The number of aromatic nitrogens is 2. The summed E-state index contributed by atoms with van der Waals surface area (Å²) in [4.78, 5) is 16.2. The molecule has 0 unspecified atom stereocenters. The number of aryl methyl sites for hydroxylation is 1. The normalized spacial score (nSPS) is 12.2. The van der Waals surface area contributed by atoms with Crippen LogP contribution < -0.4 is 0 Å². The number of rotatable bonds is 5. The molecule has 0 bridgehead atoms. The molecule has 24 heavy (non-hydrogen) atoms. The first-order valence-electron chi connectivity index (χ1n) is 8.13. The molecule has 0 aliphatic carbocycles. The molecule has 1 N–H and O–H groups in total. The molecular weight excluding hydrogens is 300 g/mol. The SMILES string of the molecule is CCC(C(=O)O)=C(c1ccc(CC)cc1)n1cnc2ccccc21. The van der Waals surface area contributed by atoms with Gasteiger partial charge in [0.15, 0.2) is 0 Å². The van der Waals surface area contributed by atoms with Gasteiger partial charge in [-0.05, 0) is 36.1 Å². The van der Waals surface area contributed by atoms with Gasteiger partial charge in [-0.25, -0.2) is 9.78 Å². The van der Waals surface area contributed by atoms with Gasteiger partial charge in [0.1, 0.15) is 6.33 Å². The van der Waals surface area contributed by atoms with Gasteiger partial charge in [-0.2, -0.15) is 0 Å². The molecule has 0 aliphatic heterocycles. The van der Waals surface area contributed by atoms with Crippen LogP contribution in [0.15, 0.2) is 60.4 Å². The van der Waals surface area contributed by atoms with E-state index in [2.05, 4.69) is 11.9 Å². The van der Waals surface area contributed by atoms with E-state index in [-0.39, 0.29) is 0 Å². The predicted molar refractivity (Wildman–Crippen MR) is 95.8 cm³/mol. The van der Waals surface area contributed by atoms with Crippen LogP contribution in [-0.4, -0.2) is 20.6 Å². The van der Waals surface area contributed by atoms with E-state index in [0.29, 0.717) is 17.7 Å². The third kappa shape index (κ3) is 2.83. The second-order valence-electron chi connectivity index (χ2n) is 5.64. The summed E-state index contributed by atoms with van der Waals surface area (Å²) in [6.45, 7) is 3.97. The second kappa shape index (κ2) is 6.71. The third-order valence-electron chi connectivity index (χ3n) is 4.23. The second-order valence-corrected chi connectivity index (χ2v) is 5.64. The van der Waals surface area contributed by atoms with Crippen LogP contribution in [-0.2, 0) is 11.2 Å². The van der Waals surface area contributed by atoms with Crippen molar-refractivity contribution in [1.82, 2.24) is 9.55 Å². The minimum atomic E-state index is -0.898. The van der Waals surface area contributed by atoms with Gasteiger partial charge in [0.2, 0.25) is 0 Å². The van der Waals surface area contributed by atoms with Gasteiger partial charge in [0.25, 0.3) is 0 Å². The molecule has 1 aromatic heterocycles. The number of hydrogen-bond donors (Lipinski definition) is 1. The van der Waals surface area contributed by atoms with Crippen molar-refractivity contribution in [2.45, 2.75) is 26.7 Å². The fraction of sp³-hybridized carbons (Fsp3) is 0.200. The van der Waals surface area contributed by atoms with Gasteiger partial charge >= 0.3 is 5.97 Å². The van der Waals surface area contributed by atoms with Crippen LogP contribution >= 0.6 is 0 Å². The standard InChI is InChI=1S/C20H20N2O2/c1-3-14-9-11-15(12-10-14)19(16(4-2)20(23)24)22-13-21-17-7-5-6-8-18(17)22/h5-13H,3-4H2,1-2H3,(H,23,24). The molecule has 0 amide bonds. The summed E-state index contributed by atoms with van der Waals surface area (Å²) >= 11 is 0. The van der Waals surface area contributed by atoms with E-state index in [1.165, 1.54) is 5.56 Å². The Kier molecular flexibility index (Phi) is 4.47. The van der Waals surface area contributed by atoms with Crippen molar-refractivity contribution in [2.24, 2.45) is 0 Å². The first-order valence-corrected chi connectivity index (χ1v) is 8.13. The number of carbonyl (C=O) groups is 1. The van der Waals surface area contributed by atoms with Crippen molar-refractivity contribution in [1.29, 1.82) is 0 Å². The molecular formula is C20H20N2O2. The molecule has 0 fully saturated rings. The minimum Gasteiger partial charge on any atom is -0.478 e. The van der Waals surface area contributed by atoms with E-state index in [4.69, 9.17) is 0 Å². The summed E-state index contributed by atoms with van der Waals surface area (Å²) in [5.74, 6) is -0.898. The van der Waals surface area contributed by atoms with Crippen molar-refractivity contribution in [3.63, 3.8) is 0 Å². The fourth-order valence-corrected chi connectivity index (χ4v) is 2.91. The monoisotopic (exact) mass is 320 g/mol. The van der Waals surface area contributed by atoms with E-state index in [0.717, 1.165) is 23.0 Å². The quantitative estimate of drug-likeness (QED) is 0.711. The van der Waals surface area contributed by atoms with Crippen molar-refractivity contribution >= 4 is 22.7 Å². The largest absolute Gasteiger partial charge is 0.478 e. The highest BCUT2D eigenvalue weighted by atomic mass is 16.4. The summed E-state index contributed by atoms with van der Waals surface area (Å²) in [6, 6.07) is 15.8. The lowest BCUT2D eigenvalue weighted by Gasteiger charge is -2.15. The Balaban J connectivity index is 2.28. The highest BCUT2D eigenvalue weighted by Crippen LogP contribution is 2.27. The Morgan fingerprint density at radius 3 is 2.42 bits per heavy atom. The molecule has 4 nitrogen and oxygen atoms in total. The van der Waals surface area contributed by atoms with Gasteiger partial charge in [-0.15, -0.1) is 0 Å². The lowest BCUT2D eigenvalue weighted by Crippen LogP contribution is -2.09. The maximum absolute atomic E-state index is 11.8. The number of imidazole rings is 1. The maximum atomic E-state index is 11.8. The molecule has 3 aromatic rings. The highest BCUT2D eigenvalue weighted by molar-refractivity contribution is 5.98. The zero-order valence-electron chi connectivity index (χ0n) is 13.9. The van der Waals surface area contributed by atoms with Gasteiger partial charge in [-0.1, -0.05) is 50.2 Å². The number of hydrogen-bond acceptors (Lipinski definition) is 2. The summed E-state index contributed by atoms with van der Waals surface area (Å²) in [7, 11) is 0. The number of benzene rings is 2. The molecule has 0 aliphatic rings. The van der Waals surface area contributed by atoms with Crippen LogP contribution in [0.4, 0.5) is 0 Å². The Bertz CT molecular complexity index is 905. The van der Waals surface area contributed by atoms with Gasteiger partial charge in [-0.3, -0.25) is 4.57 Å². The topological polar surface area (TPSA) is 55.1 Å². The van der Waals surface area contributed by atoms with Crippen LogP contribution in [0.3, 0.4) is 0 Å². The van der Waals surface area contributed by atoms with Crippen LogP contribution in [0.5, 0.6) is 0 Å². The van der Waals surface area contributed by atoms with E-state index in [1.807, 2.05) is 60.0 Å². The lowest BCUT2D eigenvalue weighted by molar-refractivity contribution is -0.132. The van der Waals surface area contributed by atoms with E-state index >= 15 is 0 Å². The van der Waals surface area contributed by atoms with E-state index in [9.17, 15) is 9.90 Å². The average molecular weight is 320 g/mol. The molecule has 0 radical (unpaired) electrons. The van der Waals surface area contributed by atoms with E-state index < -0.39 is 5.97 Å². The first-order chi connectivity index (χ1) is 11.7. The lowest BCUT2D eigenvalue weighted by atomic mass is 10.0. The summed E-state index contributed by atoms with van der Waals surface area (Å²) in [5.41, 5.74) is 4.92. The smallest absolute Gasteiger partial charge is 0.333 e. The van der Waals surface area contributed by atoms with Crippen LogP contribution in [0.25, 0.3) is 16.7 Å². The minimum absolute atomic E-state index is 0.377. The average Bonchev–Trinajstić information content (AvgIpc) is 3.03.